The van der Waals surface area contributed by atoms with Gasteiger partial charge in [0.25, 0.3) is 11.5 Å². The Balaban J connectivity index is 1.50. The van der Waals surface area contributed by atoms with E-state index < -0.39 is 42.8 Å². The predicted molar refractivity (Wildman–Crippen MR) is 181 cm³/mol. The molecule has 0 saturated carbocycles. The highest BCUT2D eigenvalue weighted by Gasteiger charge is 2.38. The summed E-state index contributed by atoms with van der Waals surface area (Å²) in [6.07, 6.45) is -2.83. The molecule has 1 unspecified atom stereocenters. The number of nitrogens with zero attached hydrogens (tertiary/aromatic N) is 5. The number of hydrogen-bond donors (Lipinski definition) is 1. The summed E-state index contributed by atoms with van der Waals surface area (Å²) >= 11 is 5.78. The molecule has 11 nitrogen and oxygen atoms in total. The summed E-state index contributed by atoms with van der Waals surface area (Å²) < 4.78 is 54.5. The fourth-order valence-electron chi connectivity index (χ4n) is 5.47. The number of aromatic nitrogens is 4. The van der Waals surface area contributed by atoms with Crippen molar-refractivity contribution in [2.45, 2.75) is 97.4 Å². The maximum Gasteiger partial charge on any atom is 0.417 e. The second-order valence-corrected chi connectivity index (χ2v) is 19.6. The normalized spacial score (nSPS) is 16.3. The average Bonchev–Trinajstić information content (AvgIpc) is 3.39. The van der Waals surface area contributed by atoms with Gasteiger partial charge in [0.15, 0.2) is 5.69 Å². The van der Waals surface area contributed by atoms with E-state index in [4.69, 9.17) is 26.2 Å². The van der Waals surface area contributed by atoms with Crippen molar-refractivity contribution in [1.82, 2.24) is 29.8 Å². The Morgan fingerprint density at radius 1 is 1.18 bits per heavy atom. The fourth-order valence-corrected chi connectivity index (χ4v) is 6.45. The van der Waals surface area contributed by atoms with E-state index in [2.05, 4.69) is 30.1 Å². The van der Waals surface area contributed by atoms with E-state index in [1.165, 1.54) is 21.7 Å². The van der Waals surface area contributed by atoms with Crippen LogP contribution in [0.15, 0.2) is 35.3 Å². The number of ether oxygens (including phenoxy) is 2. The van der Waals surface area contributed by atoms with Crippen LogP contribution in [-0.4, -0.2) is 70.2 Å². The molecule has 0 fully saturated rings. The van der Waals surface area contributed by atoms with E-state index in [1.807, 2.05) is 13.8 Å². The number of rotatable bonds is 13. The van der Waals surface area contributed by atoms with Crippen LogP contribution >= 0.6 is 11.6 Å². The molecule has 268 valence electrons. The van der Waals surface area contributed by atoms with Crippen molar-refractivity contribution in [3.8, 4) is 0 Å². The molecule has 1 aliphatic heterocycles. The molecule has 3 aromatic rings. The van der Waals surface area contributed by atoms with Gasteiger partial charge in [-0.05, 0) is 57.5 Å². The number of benzene rings is 1. The smallest absolute Gasteiger partial charge is 0.417 e. The summed E-state index contributed by atoms with van der Waals surface area (Å²) in [6.45, 7) is 15.0. The third-order valence-electron chi connectivity index (χ3n) is 8.43. The van der Waals surface area contributed by atoms with Crippen LogP contribution in [0.1, 0.15) is 83.0 Å². The monoisotopic (exact) mass is 724 g/mol. The Morgan fingerprint density at radius 3 is 2.53 bits per heavy atom. The molecule has 2 aromatic heterocycles. The molecule has 4 rings (SSSR count). The largest absolute Gasteiger partial charge is 0.461 e. The molecule has 0 spiro atoms. The standard InChI is InChI=1S/C33H44ClF3N6O5Si/c1-8-48-32(46)30-25-18-41(31(45)23-9-10-27(34)26(14-23)33(35,36)37)20(2)13-28(25)40-43(30)21(3)16-38-22(4)24-15-29(44)42(39-17-24)19-47-11-12-49(5,6)7/h9-10,14-15,17,20-22,38H,8,11-13,16,18-19H2,1-7H3/t20-,21-,22?/m1/s1. The SMILES string of the molecule is CCOC(=O)c1c2c(nn1[C@H](C)CNC(C)c1cnn(COCC[Si](C)(C)C)c(=O)c1)C[C@@H](C)N(C(=O)c1ccc(Cl)c(C(F)(F)F)c1)C2. The number of nitrogens with one attached hydrogen (secondary N) is 1. The number of amides is 1. The molecule has 1 aromatic carbocycles. The Morgan fingerprint density at radius 2 is 1.90 bits per heavy atom. The molecule has 0 aliphatic carbocycles. The van der Waals surface area contributed by atoms with Gasteiger partial charge >= 0.3 is 12.1 Å². The summed E-state index contributed by atoms with van der Waals surface area (Å²) in [5, 5.41) is 11.9. The second-order valence-electron chi connectivity index (χ2n) is 13.6. The van der Waals surface area contributed by atoms with Crippen LogP contribution in [0.25, 0.3) is 0 Å². The van der Waals surface area contributed by atoms with Gasteiger partial charge < -0.3 is 19.7 Å². The number of carbonyl (C=O) groups is 2. The van der Waals surface area contributed by atoms with Gasteiger partial charge in [-0.1, -0.05) is 31.2 Å². The molecule has 0 radical (unpaired) electrons. The molecule has 49 heavy (non-hydrogen) atoms. The Bertz CT molecular complexity index is 1720. The van der Waals surface area contributed by atoms with Crippen molar-refractivity contribution in [1.29, 1.82) is 0 Å². The van der Waals surface area contributed by atoms with E-state index >= 15 is 0 Å². The van der Waals surface area contributed by atoms with Crippen LogP contribution in [0.3, 0.4) is 0 Å². The Hall–Kier alpha value is -3.53. The van der Waals surface area contributed by atoms with Gasteiger partial charge in [0.2, 0.25) is 0 Å². The lowest BCUT2D eigenvalue weighted by molar-refractivity contribution is -0.137. The average molecular weight is 725 g/mol. The first-order valence-corrected chi connectivity index (χ1v) is 20.3. The first-order valence-electron chi connectivity index (χ1n) is 16.2. The van der Waals surface area contributed by atoms with E-state index in [9.17, 15) is 27.6 Å². The van der Waals surface area contributed by atoms with Crippen molar-refractivity contribution >= 4 is 31.6 Å². The van der Waals surface area contributed by atoms with Crippen LogP contribution in [0, 0.1) is 0 Å². The van der Waals surface area contributed by atoms with Gasteiger partial charge in [-0.3, -0.25) is 14.3 Å². The van der Waals surface area contributed by atoms with E-state index in [0.29, 0.717) is 30.0 Å². The highest BCUT2D eigenvalue weighted by atomic mass is 35.5. The Kier molecular flexibility index (Phi) is 12.2. The zero-order valence-corrected chi connectivity index (χ0v) is 30.6. The molecule has 1 aliphatic rings. The van der Waals surface area contributed by atoms with Crippen LogP contribution in [0.4, 0.5) is 13.2 Å². The van der Waals surface area contributed by atoms with Crippen LogP contribution in [-0.2, 0) is 35.3 Å². The highest BCUT2D eigenvalue weighted by molar-refractivity contribution is 6.76. The minimum absolute atomic E-state index is 0.0478. The molecule has 16 heteroatoms. The Labute approximate surface area is 289 Å². The maximum absolute atomic E-state index is 13.5. The molecule has 1 amide bonds. The van der Waals surface area contributed by atoms with Crippen LogP contribution in [0.2, 0.25) is 30.7 Å². The van der Waals surface area contributed by atoms with Gasteiger partial charge in [0.05, 0.1) is 41.7 Å². The van der Waals surface area contributed by atoms with E-state index in [-0.39, 0.29) is 55.2 Å². The molecule has 3 heterocycles. The van der Waals surface area contributed by atoms with Crippen molar-refractivity contribution in [3.63, 3.8) is 0 Å². The summed E-state index contributed by atoms with van der Waals surface area (Å²) in [4.78, 5) is 41.0. The molecular weight excluding hydrogens is 681 g/mol. The third-order valence-corrected chi connectivity index (χ3v) is 10.5. The lowest BCUT2D eigenvalue weighted by atomic mass is 9.98. The van der Waals surface area contributed by atoms with Crippen LogP contribution in [0.5, 0.6) is 0 Å². The summed E-state index contributed by atoms with van der Waals surface area (Å²) in [5.74, 6) is -1.25. The van der Waals surface area contributed by atoms with Crippen molar-refractivity contribution in [3.05, 3.63) is 79.5 Å². The molecular formula is C33H44ClF3N6O5Si. The summed E-state index contributed by atoms with van der Waals surface area (Å²) in [7, 11) is -1.25. The number of carbonyl (C=O) groups excluding carboxylic acids is 2. The minimum atomic E-state index is -4.73. The topological polar surface area (TPSA) is 121 Å². The quantitative estimate of drug-likeness (QED) is 0.128. The lowest BCUT2D eigenvalue weighted by Gasteiger charge is -2.33. The first-order chi connectivity index (χ1) is 22.9. The summed E-state index contributed by atoms with van der Waals surface area (Å²) in [5.41, 5.74) is 0.396. The number of fused-ring (bicyclic) bond motifs is 1. The summed E-state index contributed by atoms with van der Waals surface area (Å²) in [6, 6.07) is 4.51. The molecule has 1 N–H and O–H groups in total. The van der Waals surface area contributed by atoms with E-state index in [0.717, 1.165) is 18.2 Å². The third kappa shape index (κ3) is 9.38. The molecule has 0 bridgehead atoms. The van der Waals surface area contributed by atoms with Crippen molar-refractivity contribution in [2.75, 3.05) is 19.8 Å². The number of esters is 1. The number of hydrogen-bond acceptors (Lipinski definition) is 8. The number of halogens is 4. The fraction of sp³-hybridized carbons (Fsp3) is 0.545. The molecule has 0 saturated heterocycles. The van der Waals surface area contributed by atoms with Gasteiger partial charge in [-0.25, -0.2) is 9.48 Å². The number of alkyl halides is 3. The second kappa shape index (κ2) is 15.6. The van der Waals surface area contributed by atoms with Crippen LogP contribution < -0.4 is 10.9 Å². The highest BCUT2D eigenvalue weighted by Crippen LogP contribution is 2.36. The van der Waals surface area contributed by atoms with Gasteiger partial charge in [0.1, 0.15) is 6.73 Å². The zero-order chi connectivity index (χ0) is 36.3. The van der Waals surface area contributed by atoms with Gasteiger partial charge in [0, 0.05) is 56.9 Å². The van der Waals surface area contributed by atoms with Crippen molar-refractivity contribution < 1.29 is 32.2 Å². The lowest BCUT2D eigenvalue weighted by Crippen LogP contribution is -2.43. The van der Waals surface area contributed by atoms with Crippen molar-refractivity contribution in [2.24, 2.45) is 0 Å². The van der Waals surface area contributed by atoms with Gasteiger partial charge in [-0.15, -0.1) is 0 Å². The minimum Gasteiger partial charge on any atom is -0.461 e. The zero-order valence-electron chi connectivity index (χ0n) is 28.9. The van der Waals surface area contributed by atoms with Gasteiger partial charge in [-0.2, -0.15) is 23.4 Å². The molecule has 3 atom stereocenters. The maximum atomic E-state index is 13.5. The predicted octanol–water partition coefficient (Wildman–Crippen LogP) is 6.10. The first kappa shape index (κ1) is 38.3. The van der Waals surface area contributed by atoms with E-state index in [1.54, 1.807) is 24.7 Å².